The van der Waals surface area contributed by atoms with E-state index >= 15 is 0 Å². The van der Waals surface area contributed by atoms with Crippen molar-refractivity contribution < 1.29 is 165 Å². The number of fused-ring (bicyclic) bond motifs is 2. The maximum Gasteiger partial charge on any atom is 1.00 e. The topological polar surface area (TPSA) is 285 Å². The van der Waals surface area contributed by atoms with Crippen LogP contribution in [-0.2, 0) is 65.6 Å². The Morgan fingerprint density at radius 2 is 1.40 bits per heavy atom. The first-order chi connectivity index (χ1) is 28.9. The van der Waals surface area contributed by atoms with Gasteiger partial charge in [0.2, 0.25) is 5.69 Å². The van der Waals surface area contributed by atoms with E-state index in [0.717, 1.165) is 0 Å². The predicted molar refractivity (Wildman–Crippen MR) is 227 cm³/mol. The first-order valence-electron chi connectivity index (χ1n) is 19.7. The standard InChI is InChI=1S/C40H54N2O16S4.3Na/c1-39(19-10-26-59(45,46)47)32-28-30(61(51,52)53)15-17-34(32)42(23-25-58-3)36(39)12-6-4-7-13-37-40(21-24-57-2,20-11-27-60(48,49)50)33-29-31(62(54,55)56)16-18-35(33)41(37)22-9-5-8-14-38(43)44;;;/h4,6-7,12-13,15-18,28-29H,5,8-11,14,19-27H2,1-3H3,(H4-,43,44,45,46,47,48,49,50,51,52,53,54,55,56);;;/q;3*+1/p-1. The van der Waals surface area contributed by atoms with Crippen molar-refractivity contribution in [3.63, 3.8) is 0 Å². The van der Waals surface area contributed by atoms with Crippen LogP contribution in [-0.4, -0.2) is 125 Å². The predicted octanol–water partition coefficient (Wildman–Crippen LogP) is -4.72. The largest absolute Gasteiger partial charge is 1.00 e. The van der Waals surface area contributed by atoms with Gasteiger partial charge in [-0.1, -0.05) is 24.6 Å². The van der Waals surface area contributed by atoms with Crippen LogP contribution in [0.4, 0.5) is 11.4 Å². The van der Waals surface area contributed by atoms with Gasteiger partial charge in [0.15, 0.2) is 12.3 Å². The van der Waals surface area contributed by atoms with E-state index in [4.69, 9.17) is 14.6 Å². The summed E-state index contributed by atoms with van der Waals surface area (Å²) in [6.07, 6.45) is 10.1. The number of rotatable bonds is 25. The molecule has 18 nitrogen and oxygen atoms in total. The summed E-state index contributed by atoms with van der Waals surface area (Å²) in [7, 11) is -15.6. The fourth-order valence-corrected chi connectivity index (χ4v) is 10.4. The van der Waals surface area contributed by atoms with E-state index in [1.165, 1.54) is 50.6 Å². The molecule has 4 rings (SSSR count). The zero-order valence-electron chi connectivity index (χ0n) is 37.6. The number of methoxy groups -OCH3 is 2. The molecule has 0 saturated heterocycles. The second-order valence-electron chi connectivity index (χ2n) is 15.4. The summed E-state index contributed by atoms with van der Waals surface area (Å²) < 4.78 is 152. The van der Waals surface area contributed by atoms with Gasteiger partial charge in [-0.15, -0.1) is 0 Å². The van der Waals surface area contributed by atoms with Gasteiger partial charge in [0, 0.05) is 74.1 Å². The summed E-state index contributed by atoms with van der Waals surface area (Å²) in [6, 6.07) is 8.05. The molecule has 344 valence electrons. The number of benzene rings is 2. The van der Waals surface area contributed by atoms with Crippen molar-refractivity contribution in [3.8, 4) is 0 Å². The van der Waals surface area contributed by atoms with E-state index in [1.54, 1.807) is 37.3 Å². The molecule has 2 unspecified atom stereocenters. The molecule has 0 fully saturated rings. The van der Waals surface area contributed by atoms with Crippen LogP contribution in [0.5, 0.6) is 0 Å². The molecule has 0 aliphatic carbocycles. The Labute approximate surface area is 448 Å². The van der Waals surface area contributed by atoms with Gasteiger partial charge in [-0.25, -0.2) is 16.8 Å². The fourth-order valence-electron chi connectivity index (χ4n) is 8.35. The van der Waals surface area contributed by atoms with E-state index < -0.39 is 73.7 Å². The summed E-state index contributed by atoms with van der Waals surface area (Å²) in [5.41, 5.74) is 0.986. The van der Waals surface area contributed by atoms with Crippen molar-refractivity contribution in [2.24, 2.45) is 0 Å². The van der Waals surface area contributed by atoms with E-state index in [0.29, 0.717) is 59.7 Å². The molecule has 2 aromatic rings. The summed E-state index contributed by atoms with van der Waals surface area (Å²) in [6.45, 7) is 2.74. The number of hydrogen-bond donors (Lipinski definition) is 3. The molecule has 2 aliphatic rings. The number of carbonyl (C=O) groups is 1. The monoisotopic (exact) mass is 1010 g/mol. The number of unbranched alkanes of at least 4 members (excludes halogenated alkanes) is 2. The maximum absolute atomic E-state index is 12.3. The van der Waals surface area contributed by atoms with Gasteiger partial charge in [0.1, 0.15) is 16.7 Å². The Kier molecular flexibility index (Phi) is 25.2. The molecule has 3 N–H and O–H groups in total. The third-order valence-electron chi connectivity index (χ3n) is 11.2. The van der Waals surface area contributed by atoms with Gasteiger partial charge < -0.3 is 28.6 Å². The molecule has 25 heteroatoms. The minimum atomic E-state index is -4.94. The second-order valence-corrected chi connectivity index (χ2v) is 21.3. The Hall–Kier alpha value is -0.840. The Morgan fingerprint density at radius 1 is 0.769 bits per heavy atom. The molecule has 0 spiro atoms. The number of ether oxygens (including phenoxy) is 2. The Morgan fingerprint density at radius 3 is 1.98 bits per heavy atom. The Balaban J connectivity index is 0.00000704. The minimum Gasteiger partial charge on any atom is -0.748 e. The van der Waals surface area contributed by atoms with Gasteiger partial charge in [0.25, 0.3) is 20.2 Å². The van der Waals surface area contributed by atoms with E-state index in [2.05, 4.69) is 0 Å². The van der Waals surface area contributed by atoms with E-state index in [9.17, 15) is 56.7 Å². The van der Waals surface area contributed by atoms with Crippen LogP contribution in [0.1, 0.15) is 75.8 Å². The van der Waals surface area contributed by atoms with E-state index in [1.807, 2.05) is 9.48 Å². The van der Waals surface area contributed by atoms with Crippen molar-refractivity contribution in [2.45, 2.75) is 85.3 Å². The van der Waals surface area contributed by atoms with E-state index in [-0.39, 0.29) is 152 Å². The molecule has 2 aliphatic heterocycles. The average Bonchev–Trinajstić information content (AvgIpc) is 3.54. The zero-order valence-corrected chi connectivity index (χ0v) is 46.9. The van der Waals surface area contributed by atoms with Gasteiger partial charge in [-0.3, -0.25) is 13.9 Å². The number of carboxylic acid groups (broad SMARTS) is 1. The average molecular weight is 1020 g/mol. The van der Waals surface area contributed by atoms with Crippen molar-refractivity contribution >= 4 is 63.5 Å². The first kappa shape index (κ1) is 62.2. The first-order valence-corrected chi connectivity index (χ1v) is 25.7. The van der Waals surface area contributed by atoms with Crippen LogP contribution in [0.25, 0.3) is 0 Å². The molecule has 2 atom stereocenters. The van der Waals surface area contributed by atoms with Crippen LogP contribution < -0.4 is 93.6 Å². The normalized spacial score (nSPS) is 19.3. The van der Waals surface area contributed by atoms with Gasteiger partial charge in [0.05, 0.1) is 31.1 Å². The number of hydrogen-bond acceptors (Lipinski definition) is 14. The maximum atomic E-state index is 12.3. The molecule has 65 heavy (non-hydrogen) atoms. The Bertz CT molecular complexity index is 2570. The second kappa shape index (κ2) is 26.4. The smallest absolute Gasteiger partial charge is 0.748 e. The number of carboxylic acids is 1. The summed E-state index contributed by atoms with van der Waals surface area (Å²) >= 11 is 0. The summed E-state index contributed by atoms with van der Waals surface area (Å²) in [5.74, 6) is -2.23. The van der Waals surface area contributed by atoms with Crippen molar-refractivity contribution in [1.29, 1.82) is 0 Å². The van der Waals surface area contributed by atoms with Crippen LogP contribution >= 0.6 is 0 Å². The number of allylic oxidation sites excluding steroid dienone is 6. The van der Waals surface area contributed by atoms with Crippen LogP contribution in [0.2, 0.25) is 0 Å². The van der Waals surface area contributed by atoms with Crippen LogP contribution in [0.3, 0.4) is 0 Å². The van der Waals surface area contributed by atoms with Crippen molar-refractivity contribution in [3.05, 3.63) is 83.6 Å². The van der Waals surface area contributed by atoms with Crippen LogP contribution in [0.15, 0.2) is 82.3 Å². The van der Waals surface area contributed by atoms with Gasteiger partial charge in [-0.2, -0.15) is 21.4 Å². The fraction of sp³-hybridized carbons (Fsp3) is 0.500. The third kappa shape index (κ3) is 16.9. The minimum absolute atomic E-state index is 0. The third-order valence-corrected chi connectivity index (χ3v) is 14.5. The van der Waals surface area contributed by atoms with Gasteiger partial charge in [-0.05, 0) is 93.8 Å². The molecule has 2 aromatic carbocycles. The molecular formula is C40H53N2Na3O16S4+2. The molecule has 0 amide bonds. The number of anilines is 1. The zero-order chi connectivity index (χ0) is 46.1. The summed E-state index contributed by atoms with van der Waals surface area (Å²) in [4.78, 5) is 12.2. The van der Waals surface area contributed by atoms with Crippen LogP contribution in [0, 0.1) is 0 Å². The molecule has 0 radical (unpaired) electrons. The molecule has 0 saturated carbocycles. The number of nitrogens with zero attached hydrogens (tertiary/aromatic N) is 2. The molecule has 2 heterocycles. The number of aliphatic carboxylic acids is 1. The van der Waals surface area contributed by atoms with Gasteiger partial charge >= 0.3 is 94.6 Å². The molecular weight excluding hydrogens is 962 g/mol. The quantitative estimate of drug-likeness (QED) is 0.0277. The van der Waals surface area contributed by atoms with Crippen molar-refractivity contribution in [2.75, 3.05) is 56.9 Å². The summed E-state index contributed by atoms with van der Waals surface area (Å²) in [5, 5.41) is 9.17. The molecule has 0 aromatic heterocycles. The SMILES string of the molecule is COCC[N+]1=C(/C=C/C=C/C=C2/N(CCCCCC(=O)O)c3ccc(S(=O)(=O)[O-])cc3C2(CCCS(=O)(=O)[O-])CCOC)C(C)(CCCS(=O)(=O)O)c2cc(S(=O)(=O)O)ccc21.[Na+].[Na+].[Na+]. The molecule has 0 bridgehead atoms. The van der Waals surface area contributed by atoms with Crippen molar-refractivity contribution in [1.82, 2.24) is 0 Å².